The molecule has 68 valence electrons. The Balaban J connectivity index is 2.92. The van der Waals surface area contributed by atoms with Crippen LogP contribution in [0.5, 0.6) is 0 Å². The summed E-state index contributed by atoms with van der Waals surface area (Å²) in [7, 11) is 0. The van der Waals surface area contributed by atoms with Crippen LogP contribution in [0.15, 0.2) is 0 Å². The van der Waals surface area contributed by atoms with Crippen LogP contribution in [-0.2, 0) is 9.53 Å². The zero-order chi connectivity index (χ0) is 9.23. The molecule has 0 aromatic rings. The van der Waals surface area contributed by atoms with Crippen molar-refractivity contribution in [3.63, 3.8) is 0 Å². The highest BCUT2D eigenvalue weighted by molar-refractivity contribution is 5.66. The SMILES string of the molecule is C#CCCOCCCCC(=O)O. The van der Waals surface area contributed by atoms with Crippen molar-refractivity contribution in [1.82, 2.24) is 0 Å². The normalized spacial score (nSPS) is 9.25. The van der Waals surface area contributed by atoms with Crippen LogP contribution in [0.2, 0.25) is 0 Å². The first-order chi connectivity index (χ1) is 5.77. The molecule has 0 atom stereocenters. The highest BCUT2D eigenvalue weighted by atomic mass is 16.5. The van der Waals surface area contributed by atoms with Crippen molar-refractivity contribution >= 4 is 5.97 Å². The van der Waals surface area contributed by atoms with Gasteiger partial charge in [0.1, 0.15) is 0 Å². The molecule has 0 saturated heterocycles. The van der Waals surface area contributed by atoms with Crippen molar-refractivity contribution < 1.29 is 14.6 Å². The monoisotopic (exact) mass is 170 g/mol. The van der Waals surface area contributed by atoms with E-state index >= 15 is 0 Å². The van der Waals surface area contributed by atoms with Gasteiger partial charge in [0.15, 0.2) is 0 Å². The molecule has 0 aromatic heterocycles. The summed E-state index contributed by atoms with van der Waals surface area (Å²) in [5.41, 5.74) is 0. The van der Waals surface area contributed by atoms with E-state index in [0.29, 0.717) is 26.1 Å². The van der Waals surface area contributed by atoms with Gasteiger partial charge >= 0.3 is 5.97 Å². The predicted octanol–water partition coefficient (Wildman–Crippen LogP) is 1.28. The Kier molecular flexibility index (Phi) is 7.41. The first-order valence-electron chi connectivity index (χ1n) is 4.00. The van der Waals surface area contributed by atoms with Crippen LogP contribution in [0.1, 0.15) is 25.7 Å². The summed E-state index contributed by atoms with van der Waals surface area (Å²) >= 11 is 0. The average Bonchev–Trinajstić information content (AvgIpc) is 2.02. The van der Waals surface area contributed by atoms with Gasteiger partial charge in [-0.25, -0.2) is 0 Å². The minimum Gasteiger partial charge on any atom is -0.481 e. The van der Waals surface area contributed by atoms with E-state index in [9.17, 15) is 4.79 Å². The van der Waals surface area contributed by atoms with Crippen LogP contribution in [0.25, 0.3) is 0 Å². The number of carbonyl (C=O) groups is 1. The van der Waals surface area contributed by atoms with Gasteiger partial charge in [0.25, 0.3) is 0 Å². The Labute approximate surface area is 72.7 Å². The second-order valence-electron chi connectivity index (χ2n) is 2.42. The van der Waals surface area contributed by atoms with Crippen molar-refractivity contribution in [2.24, 2.45) is 0 Å². The molecule has 3 nitrogen and oxygen atoms in total. The molecular weight excluding hydrogens is 156 g/mol. The van der Waals surface area contributed by atoms with Crippen molar-refractivity contribution in [3.8, 4) is 12.3 Å². The van der Waals surface area contributed by atoms with Gasteiger partial charge in [-0.2, -0.15) is 0 Å². The lowest BCUT2D eigenvalue weighted by Gasteiger charge is -1.99. The smallest absolute Gasteiger partial charge is 0.303 e. The number of hydrogen-bond acceptors (Lipinski definition) is 2. The first kappa shape index (κ1) is 11.0. The van der Waals surface area contributed by atoms with Crippen molar-refractivity contribution in [2.75, 3.05) is 13.2 Å². The van der Waals surface area contributed by atoms with E-state index in [1.54, 1.807) is 0 Å². The van der Waals surface area contributed by atoms with E-state index in [2.05, 4.69) is 5.92 Å². The number of hydrogen-bond donors (Lipinski definition) is 1. The number of ether oxygens (including phenoxy) is 1. The standard InChI is InChI=1S/C9H14O3/c1-2-3-7-12-8-5-4-6-9(10)11/h1H,3-8H2,(H,10,11). The summed E-state index contributed by atoms with van der Waals surface area (Å²) in [6, 6.07) is 0. The molecule has 0 rings (SSSR count). The molecule has 0 aromatic carbocycles. The number of carboxylic acid groups (broad SMARTS) is 1. The maximum Gasteiger partial charge on any atom is 0.303 e. The summed E-state index contributed by atoms with van der Waals surface area (Å²) in [6.45, 7) is 1.18. The van der Waals surface area contributed by atoms with Gasteiger partial charge in [-0.1, -0.05) is 0 Å². The second kappa shape index (κ2) is 8.09. The van der Waals surface area contributed by atoms with Gasteiger partial charge in [0.2, 0.25) is 0 Å². The topological polar surface area (TPSA) is 46.5 Å². The van der Waals surface area contributed by atoms with Crippen LogP contribution in [0.4, 0.5) is 0 Å². The lowest BCUT2D eigenvalue weighted by atomic mass is 10.2. The molecular formula is C9H14O3. The molecule has 0 aliphatic heterocycles. The molecule has 0 saturated carbocycles. The van der Waals surface area contributed by atoms with Gasteiger partial charge in [-0.15, -0.1) is 12.3 Å². The Morgan fingerprint density at radius 2 is 2.17 bits per heavy atom. The highest BCUT2D eigenvalue weighted by Gasteiger charge is 1.95. The molecule has 3 heteroatoms. The first-order valence-corrected chi connectivity index (χ1v) is 4.00. The van der Waals surface area contributed by atoms with Gasteiger partial charge in [-0.3, -0.25) is 4.79 Å². The average molecular weight is 170 g/mol. The highest BCUT2D eigenvalue weighted by Crippen LogP contribution is 1.95. The van der Waals surface area contributed by atoms with E-state index in [-0.39, 0.29) is 6.42 Å². The molecule has 0 spiro atoms. The third-order valence-electron chi connectivity index (χ3n) is 1.32. The largest absolute Gasteiger partial charge is 0.481 e. The molecule has 0 aliphatic rings. The van der Waals surface area contributed by atoms with Crippen LogP contribution in [0, 0.1) is 12.3 Å². The molecule has 0 radical (unpaired) electrons. The number of unbranched alkanes of at least 4 members (excludes halogenated alkanes) is 1. The number of terminal acetylenes is 1. The predicted molar refractivity (Wildman–Crippen MR) is 45.8 cm³/mol. The van der Waals surface area contributed by atoms with Crippen molar-refractivity contribution in [3.05, 3.63) is 0 Å². The van der Waals surface area contributed by atoms with E-state index in [1.165, 1.54) is 0 Å². The Morgan fingerprint density at radius 3 is 2.75 bits per heavy atom. The third-order valence-corrected chi connectivity index (χ3v) is 1.32. The van der Waals surface area contributed by atoms with E-state index in [1.807, 2.05) is 0 Å². The van der Waals surface area contributed by atoms with Crippen LogP contribution in [-0.4, -0.2) is 24.3 Å². The molecule has 0 heterocycles. The van der Waals surface area contributed by atoms with Crippen LogP contribution < -0.4 is 0 Å². The molecule has 12 heavy (non-hydrogen) atoms. The summed E-state index contributed by atoms with van der Waals surface area (Å²) < 4.78 is 5.12. The van der Waals surface area contributed by atoms with Gasteiger partial charge in [0, 0.05) is 19.4 Å². The molecule has 0 unspecified atom stereocenters. The minimum atomic E-state index is -0.751. The minimum absolute atomic E-state index is 0.221. The molecule has 0 fully saturated rings. The zero-order valence-corrected chi connectivity index (χ0v) is 7.08. The summed E-state index contributed by atoms with van der Waals surface area (Å²) in [6.07, 6.45) is 7.31. The summed E-state index contributed by atoms with van der Waals surface area (Å²) in [4.78, 5) is 10.1. The number of carboxylic acids is 1. The maximum absolute atomic E-state index is 10.1. The van der Waals surface area contributed by atoms with Gasteiger partial charge in [-0.05, 0) is 12.8 Å². The van der Waals surface area contributed by atoms with E-state index in [0.717, 1.165) is 6.42 Å². The maximum atomic E-state index is 10.1. The van der Waals surface area contributed by atoms with Crippen LogP contribution >= 0.6 is 0 Å². The number of aliphatic carboxylic acids is 1. The molecule has 0 aliphatic carbocycles. The molecule has 0 bridgehead atoms. The summed E-state index contributed by atoms with van der Waals surface area (Å²) in [5.74, 6) is 1.71. The Bertz CT molecular complexity index is 158. The van der Waals surface area contributed by atoms with E-state index in [4.69, 9.17) is 16.3 Å². The lowest BCUT2D eigenvalue weighted by Crippen LogP contribution is -1.99. The lowest BCUT2D eigenvalue weighted by molar-refractivity contribution is -0.137. The van der Waals surface area contributed by atoms with Crippen molar-refractivity contribution in [1.29, 1.82) is 0 Å². The van der Waals surface area contributed by atoms with Gasteiger partial charge in [0.05, 0.1) is 6.61 Å². The van der Waals surface area contributed by atoms with E-state index < -0.39 is 5.97 Å². The second-order valence-corrected chi connectivity index (χ2v) is 2.42. The zero-order valence-electron chi connectivity index (χ0n) is 7.08. The molecule has 0 amide bonds. The third kappa shape index (κ3) is 8.99. The number of rotatable bonds is 7. The fourth-order valence-corrected chi connectivity index (χ4v) is 0.714. The quantitative estimate of drug-likeness (QED) is 0.462. The Morgan fingerprint density at radius 1 is 1.42 bits per heavy atom. The van der Waals surface area contributed by atoms with Crippen molar-refractivity contribution in [2.45, 2.75) is 25.7 Å². The molecule has 1 N–H and O–H groups in total. The summed E-state index contributed by atoms with van der Waals surface area (Å²) in [5, 5.41) is 8.29. The fourth-order valence-electron chi connectivity index (χ4n) is 0.714. The van der Waals surface area contributed by atoms with Gasteiger partial charge < -0.3 is 9.84 Å². The Hall–Kier alpha value is -1.01. The van der Waals surface area contributed by atoms with Crippen LogP contribution in [0.3, 0.4) is 0 Å². The fraction of sp³-hybridized carbons (Fsp3) is 0.667.